The lowest BCUT2D eigenvalue weighted by molar-refractivity contribution is -0.141. The van der Waals surface area contributed by atoms with Crippen LogP contribution in [-0.2, 0) is 9.59 Å². The topological polar surface area (TPSA) is 83.6 Å². The summed E-state index contributed by atoms with van der Waals surface area (Å²) in [5, 5.41) is 9.08. The number of fused-ring (bicyclic) bond motifs is 1. The fraction of sp³-hybridized carbons (Fsp3) is 0.167. The molecule has 25 heavy (non-hydrogen) atoms. The van der Waals surface area contributed by atoms with Gasteiger partial charge in [0.25, 0.3) is 0 Å². The molecule has 2 heterocycles. The van der Waals surface area contributed by atoms with E-state index in [-0.39, 0.29) is 24.7 Å². The van der Waals surface area contributed by atoms with E-state index >= 15 is 0 Å². The third kappa shape index (κ3) is 2.73. The van der Waals surface area contributed by atoms with Crippen molar-refractivity contribution < 1.29 is 23.5 Å². The number of nitrogens with zero attached hydrogens (tertiary/aromatic N) is 2. The number of oxazole rings is 1. The molecule has 1 aliphatic rings. The van der Waals surface area contributed by atoms with Crippen LogP contribution in [0.2, 0.25) is 0 Å². The van der Waals surface area contributed by atoms with Crippen molar-refractivity contribution in [2.24, 2.45) is 5.92 Å². The summed E-state index contributed by atoms with van der Waals surface area (Å²) in [6.07, 6.45) is -0.00932. The van der Waals surface area contributed by atoms with Crippen LogP contribution in [0, 0.1) is 11.7 Å². The number of halogens is 1. The monoisotopic (exact) mass is 340 g/mol. The van der Waals surface area contributed by atoms with Crippen molar-refractivity contribution in [1.29, 1.82) is 0 Å². The second-order valence-corrected chi connectivity index (χ2v) is 5.92. The molecule has 0 aliphatic carbocycles. The molecule has 4 rings (SSSR count). The molecule has 7 heteroatoms. The van der Waals surface area contributed by atoms with Gasteiger partial charge in [-0.15, -0.1) is 0 Å². The molecule has 1 aromatic heterocycles. The number of hydrogen-bond donors (Lipinski definition) is 1. The Labute approximate surface area is 141 Å². The van der Waals surface area contributed by atoms with E-state index < -0.39 is 11.9 Å². The lowest BCUT2D eigenvalue weighted by atomic mass is 10.1. The minimum Gasteiger partial charge on any atom is -0.481 e. The summed E-state index contributed by atoms with van der Waals surface area (Å²) in [7, 11) is 0. The molecule has 0 radical (unpaired) electrons. The molecule has 1 aliphatic heterocycles. The number of carbonyl (C=O) groups is 2. The van der Waals surface area contributed by atoms with Gasteiger partial charge in [0, 0.05) is 30.3 Å². The number of carboxylic acids is 1. The van der Waals surface area contributed by atoms with Crippen molar-refractivity contribution in [3.05, 3.63) is 48.3 Å². The normalized spacial score (nSPS) is 17.4. The zero-order valence-electron chi connectivity index (χ0n) is 13.0. The first-order valence-corrected chi connectivity index (χ1v) is 7.71. The van der Waals surface area contributed by atoms with E-state index in [1.807, 2.05) is 0 Å². The quantitative estimate of drug-likeness (QED) is 0.792. The fourth-order valence-electron chi connectivity index (χ4n) is 2.92. The van der Waals surface area contributed by atoms with Crippen molar-refractivity contribution >= 4 is 28.7 Å². The van der Waals surface area contributed by atoms with Crippen LogP contribution >= 0.6 is 0 Å². The molecule has 1 N–H and O–H groups in total. The van der Waals surface area contributed by atoms with Crippen molar-refractivity contribution in [2.45, 2.75) is 6.42 Å². The smallest absolute Gasteiger partial charge is 0.308 e. The minimum absolute atomic E-state index is 0.00932. The summed E-state index contributed by atoms with van der Waals surface area (Å²) in [5.74, 6) is -1.90. The van der Waals surface area contributed by atoms with Crippen LogP contribution in [0.15, 0.2) is 46.9 Å². The van der Waals surface area contributed by atoms with Gasteiger partial charge in [0.15, 0.2) is 5.58 Å². The molecular formula is C18H13FN2O4. The van der Waals surface area contributed by atoms with Gasteiger partial charge >= 0.3 is 5.97 Å². The number of carboxylic acid groups (broad SMARTS) is 1. The highest BCUT2D eigenvalue weighted by Gasteiger charge is 2.35. The van der Waals surface area contributed by atoms with Crippen molar-refractivity contribution in [1.82, 2.24) is 4.98 Å². The molecule has 126 valence electrons. The first-order valence-electron chi connectivity index (χ1n) is 7.71. The predicted octanol–water partition coefficient (Wildman–Crippen LogP) is 3.07. The molecule has 1 amide bonds. The Bertz CT molecular complexity index is 980. The van der Waals surface area contributed by atoms with Gasteiger partial charge in [0.1, 0.15) is 11.3 Å². The molecule has 2 aromatic carbocycles. The third-order valence-electron chi connectivity index (χ3n) is 4.25. The second-order valence-electron chi connectivity index (χ2n) is 5.92. The van der Waals surface area contributed by atoms with Gasteiger partial charge in [0.2, 0.25) is 11.8 Å². The Balaban J connectivity index is 1.68. The Kier molecular flexibility index (Phi) is 3.49. The van der Waals surface area contributed by atoms with E-state index in [4.69, 9.17) is 9.52 Å². The van der Waals surface area contributed by atoms with Crippen LogP contribution in [0.3, 0.4) is 0 Å². The molecule has 0 spiro atoms. The average Bonchev–Trinajstić information content (AvgIpc) is 3.18. The Morgan fingerprint density at radius 1 is 1.24 bits per heavy atom. The average molecular weight is 340 g/mol. The summed E-state index contributed by atoms with van der Waals surface area (Å²) >= 11 is 0. The van der Waals surface area contributed by atoms with E-state index in [2.05, 4.69) is 4.98 Å². The zero-order chi connectivity index (χ0) is 17.6. The first-order chi connectivity index (χ1) is 12.0. The SMILES string of the molecule is O=C(O)C1CC(=O)N(c2ccc3nc(-c4ccc(F)cc4)oc3c2)C1. The first kappa shape index (κ1) is 15.3. The molecule has 6 nitrogen and oxygen atoms in total. The number of benzene rings is 2. The number of amides is 1. The number of anilines is 1. The summed E-state index contributed by atoms with van der Waals surface area (Å²) in [4.78, 5) is 29.0. The van der Waals surface area contributed by atoms with E-state index in [1.54, 1.807) is 30.3 Å². The summed E-state index contributed by atoms with van der Waals surface area (Å²) < 4.78 is 18.7. The lowest BCUT2D eigenvalue weighted by Gasteiger charge is -2.15. The van der Waals surface area contributed by atoms with Crippen molar-refractivity contribution in [3.8, 4) is 11.5 Å². The van der Waals surface area contributed by atoms with Gasteiger partial charge < -0.3 is 14.4 Å². The number of carbonyl (C=O) groups excluding carboxylic acids is 1. The van der Waals surface area contributed by atoms with Gasteiger partial charge in [-0.05, 0) is 36.4 Å². The fourth-order valence-corrected chi connectivity index (χ4v) is 2.92. The standard InChI is InChI=1S/C18H13FN2O4/c19-12-3-1-10(2-4-12)17-20-14-6-5-13(8-15(14)25-17)21-9-11(18(23)24)7-16(21)22/h1-6,8,11H,7,9H2,(H,23,24). The highest BCUT2D eigenvalue weighted by molar-refractivity contribution is 6.00. The van der Waals surface area contributed by atoms with Gasteiger partial charge in [0.05, 0.1) is 5.92 Å². The maximum Gasteiger partial charge on any atom is 0.308 e. The highest BCUT2D eigenvalue weighted by Crippen LogP contribution is 2.30. The second kappa shape index (κ2) is 5.70. The van der Waals surface area contributed by atoms with Crippen LogP contribution in [0.25, 0.3) is 22.6 Å². The maximum absolute atomic E-state index is 13.0. The van der Waals surface area contributed by atoms with Crippen LogP contribution in [0.5, 0.6) is 0 Å². The van der Waals surface area contributed by atoms with E-state index in [0.717, 1.165) is 0 Å². The Hall–Kier alpha value is -3.22. The van der Waals surface area contributed by atoms with Crippen molar-refractivity contribution in [3.63, 3.8) is 0 Å². The molecule has 0 saturated carbocycles. The number of aliphatic carboxylic acids is 1. The molecule has 1 saturated heterocycles. The van der Waals surface area contributed by atoms with Gasteiger partial charge in [-0.1, -0.05) is 0 Å². The van der Waals surface area contributed by atoms with Crippen LogP contribution in [0.4, 0.5) is 10.1 Å². The molecular weight excluding hydrogens is 327 g/mol. The Morgan fingerprint density at radius 2 is 2.00 bits per heavy atom. The molecule has 1 fully saturated rings. The number of rotatable bonds is 3. The Morgan fingerprint density at radius 3 is 2.68 bits per heavy atom. The molecule has 3 aromatic rings. The predicted molar refractivity (Wildman–Crippen MR) is 87.5 cm³/mol. The van der Waals surface area contributed by atoms with Crippen LogP contribution in [0.1, 0.15) is 6.42 Å². The zero-order valence-corrected chi connectivity index (χ0v) is 13.0. The lowest BCUT2D eigenvalue weighted by Crippen LogP contribution is -2.25. The minimum atomic E-state index is -0.977. The largest absolute Gasteiger partial charge is 0.481 e. The third-order valence-corrected chi connectivity index (χ3v) is 4.25. The molecule has 0 bridgehead atoms. The van der Waals surface area contributed by atoms with Gasteiger partial charge in [-0.25, -0.2) is 9.37 Å². The van der Waals surface area contributed by atoms with Crippen LogP contribution < -0.4 is 4.90 Å². The summed E-state index contributed by atoms with van der Waals surface area (Å²) in [5.41, 5.74) is 2.29. The van der Waals surface area contributed by atoms with Gasteiger partial charge in [-0.3, -0.25) is 9.59 Å². The van der Waals surface area contributed by atoms with Gasteiger partial charge in [-0.2, -0.15) is 0 Å². The summed E-state index contributed by atoms with van der Waals surface area (Å²) in [6, 6.07) is 10.9. The molecule has 1 unspecified atom stereocenters. The number of hydrogen-bond acceptors (Lipinski definition) is 4. The van der Waals surface area contributed by atoms with Crippen molar-refractivity contribution in [2.75, 3.05) is 11.4 Å². The maximum atomic E-state index is 13.0. The highest BCUT2D eigenvalue weighted by atomic mass is 19.1. The van der Waals surface area contributed by atoms with E-state index in [1.165, 1.54) is 17.0 Å². The summed E-state index contributed by atoms with van der Waals surface area (Å²) in [6.45, 7) is 0.138. The van der Waals surface area contributed by atoms with E-state index in [9.17, 15) is 14.0 Å². The number of aromatic nitrogens is 1. The molecule has 1 atom stereocenters. The van der Waals surface area contributed by atoms with E-state index in [0.29, 0.717) is 28.2 Å². The van der Waals surface area contributed by atoms with Crippen LogP contribution in [-0.4, -0.2) is 28.5 Å².